The van der Waals surface area contributed by atoms with Gasteiger partial charge < -0.3 is 15.7 Å². The van der Waals surface area contributed by atoms with Crippen LogP contribution in [0.3, 0.4) is 0 Å². The molecule has 3 N–H and O–H groups in total. The van der Waals surface area contributed by atoms with E-state index in [9.17, 15) is 4.79 Å². The standard InChI is InChI=1S/C13H22N4O2/c1-9(2)6-14-10-5-11(17-8-16-10)15-7-13(3,4)12(18)19/h5,8-9H,6-7H2,1-4H3,(H,18,19)(H2,14,15,16,17). The summed E-state index contributed by atoms with van der Waals surface area (Å²) in [6, 6.07) is 1.78. The summed E-state index contributed by atoms with van der Waals surface area (Å²) in [5.74, 6) is 1.04. The third-order valence-corrected chi connectivity index (χ3v) is 2.65. The van der Waals surface area contributed by atoms with Crippen LogP contribution in [-0.4, -0.2) is 34.1 Å². The second kappa shape index (κ2) is 6.36. The Morgan fingerprint density at radius 2 is 1.89 bits per heavy atom. The maximum Gasteiger partial charge on any atom is 0.310 e. The van der Waals surface area contributed by atoms with Gasteiger partial charge in [-0.1, -0.05) is 13.8 Å². The minimum Gasteiger partial charge on any atom is -0.481 e. The van der Waals surface area contributed by atoms with E-state index < -0.39 is 11.4 Å². The molecule has 6 heteroatoms. The van der Waals surface area contributed by atoms with Gasteiger partial charge in [-0.05, 0) is 19.8 Å². The molecule has 1 heterocycles. The van der Waals surface area contributed by atoms with Gasteiger partial charge in [0.25, 0.3) is 0 Å². The van der Waals surface area contributed by atoms with Gasteiger partial charge in [0, 0.05) is 19.2 Å². The van der Waals surface area contributed by atoms with Crippen LogP contribution >= 0.6 is 0 Å². The molecule has 0 aliphatic heterocycles. The van der Waals surface area contributed by atoms with Crippen LogP contribution in [0.5, 0.6) is 0 Å². The van der Waals surface area contributed by atoms with Gasteiger partial charge in [0.05, 0.1) is 5.41 Å². The number of carbonyl (C=O) groups is 1. The summed E-state index contributed by atoms with van der Waals surface area (Å²) in [7, 11) is 0. The van der Waals surface area contributed by atoms with E-state index in [-0.39, 0.29) is 0 Å². The Balaban J connectivity index is 2.60. The van der Waals surface area contributed by atoms with Crippen LogP contribution in [-0.2, 0) is 4.79 Å². The number of hydrogen-bond donors (Lipinski definition) is 3. The van der Waals surface area contributed by atoms with Crippen molar-refractivity contribution in [3.05, 3.63) is 12.4 Å². The maximum absolute atomic E-state index is 11.0. The Bertz CT molecular complexity index is 432. The van der Waals surface area contributed by atoms with Gasteiger partial charge in [-0.2, -0.15) is 0 Å². The molecule has 6 nitrogen and oxygen atoms in total. The fourth-order valence-electron chi connectivity index (χ4n) is 1.25. The van der Waals surface area contributed by atoms with E-state index >= 15 is 0 Å². The zero-order chi connectivity index (χ0) is 14.5. The van der Waals surface area contributed by atoms with Gasteiger partial charge in [0.1, 0.15) is 18.0 Å². The third kappa shape index (κ3) is 5.11. The fourth-order valence-corrected chi connectivity index (χ4v) is 1.25. The Kier molecular flexibility index (Phi) is 5.09. The first-order valence-electron chi connectivity index (χ1n) is 6.34. The fraction of sp³-hybridized carbons (Fsp3) is 0.615. The number of anilines is 2. The summed E-state index contributed by atoms with van der Waals surface area (Å²) in [6.45, 7) is 8.70. The molecular weight excluding hydrogens is 244 g/mol. The van der Waals surface area contributed by atoms with Gasteiger partial charge in [-0.3, -0.25) is 4.79 Å². The van der Waals surface area contributed by atoms with Crippen molar-refractivity contribution in [3.63, 3.8) is 0 Å². The molecule has 0 bridgehead atoms. The van der Waals surface area contributed by atoms with E-state index in [4.69, 9.17) is 5.11 Å². The minimum atomic E-state index is -0.841. The zero-order valence-electron chi connectivity index (χ0n) is 11.9. The van der Waals surface area contributed by atoms with Crippen molar-refractivity contribution in [2.24, 2.45) is 11.3 Å². The van der Waals surface area contributed by atoms with Crippen molar-refractivity contribution in [2.45, 2.75) is 27.7 Å². The van der Waals surface area contributed by atoms with E-state index in [0.29, 0.717) is 18.3 Å². The number of carboxylic acids is 1. The lowest BCUT2D eigenvalue weighted by atomic mass is 9.94. The lowest BCUT2D eigenvalue weighted by Crippen LogP contribution is -2.32. The monoisotopic (exact) mass is 266 g/mol. The number of nitrogens with zero attached hydrogens (tertiary/aromatic N) is 2. The molecule has 0 radical (unpaired) electrons. The van der Waals surface area contributed by atoms with Crippen LogP contribution in [0.2, 0.25) is 0 Å². The second-order valence-electron chi connectivity index (χ2n) is 5.61. The second-order valence-corrected chi connectivity index (χ2v) is 5.61. The molecule has 1 aromatic heterocycles. The molecule has 1 aromatic rings. The SMILES string of the molecule is CC(C)CNc1cc(NCC(C)(C)C(=O)O)ncn1. The van der Waals surface area contributed by atoms with Crippen molar-refractivity contribution >= 4 is 17.6 Å². The van der Waals surface area contributed by atoms with Crippen molar-refractivity contribution < 1.29 is 9.90 Å². The predicted molar refractivity (Wildman–Crippen MR) is 75.3 cm³/mol. The number of aliphatic carboxylic acids is 1. The summed E-state index contributed by atoms with van der Waals surface area (Å²) in [5.41, 5.74) is -0.837. The Hall–Kier alpha value is -1.85. The predicted octanol–water partition coefficient (Wildman–Crippen LogP) is 2.07. The lowest BCUT2D eigenvalue weighted by molar-refractivity contribution is -0.146. The van der Waals surface area contributed by atoms with E-state index in [0.717, 1.165) is 12.4 Å². The first-order chi connectivity index (χ1) is 8.81. The molecule has 0 fully saturated rings. The van der Waals surface area contributed by atoms with Crippen molar-refractivity contribution in [1.82, 2.24) is 9.97 Å². The Labute approximate surface area is 113 Å². The third-order valence-electron chi connectivity index (χ3n) is 2.65. The highest BCUT2D eigenvalue weighted by Gasteiger charge is 2.26. The molecule has 0 aliphatic carbocycles. The zero-order valence-corrected chi connectivity index (χ0v) is 11.9. The van der Waals surface area contributed by atoms with Gasteiger partial charge >= 0.3 is 5.97 Å². The molecule has 106 valence electrons. The van der Waals surface area contributed by atoms with Gasteiger partial charge in [0.15, 0.2) is 0 Å². The quantitative estimate of drug-likeness (QED) is 0.700. The molecule has 0 amide bonds. The first kappa shape index (κ1) is 15.2. The van der Waals surface area contributed by atoms with Crippen LogP contribution in [0.4, 0.5) is 11.6 Å². The van der Waals surface area contributed by atoms with E-state index in [2.05, 4.69) is 34.4 Å². The highest BCUT2D eigenvalue weighted by atomic mass is 16.4. The molecule has 0 spiro atoms. The Morgan fingerprint density at radius 3 is 2.42 bits per heavy atom. The molecular formula is C13H22N4O2. The number of hydrogen-bond acceptors (Lipinski definition) is 5. The van der Waals surface area contributed by atoms with Crippen LogP contribution in [0.15, 0.2) is 12.4 Å². The number of aromatic nitrogens is 2. The average Bonchev–Trinajstić information content (AvgIpc) is 2.34. The van der Waals surface area contributed by atoms with Crippen LogP contribution in [0.25, 0.3) is 0 Å². The lowest BCUT2D eigenvalue weighted by Gasteiger charge is -2.20. The molecule has 0 saturated carbocycles. The van der Waals surface area contributed by atoms with Gasteiger partial charge in [-0.25, -0.2) is 9.97 Å². The van der Waals surface area contributed by atoms with Gasteiger partial charge in [0.2, 0.25) is 0 Å². The number of rotatable bonds is 7. The topological polar surface area (TPSA) is 87.1 Å². The van der Waals surface area contributed by atoms with Crippen molar-refractivity contribution in [1.29, 1.82) is 0 Å². The van der Waals surface area contributed by atoms with E-state index in [1.807, 2.05) is 0 Å². The minimum absolute atomic E-state index is 0.308. The highest BCUT2D eigenvalue weighted by molar-refractivity contribution is 5.74. The first-order valence-corrected chi connectivity index (χ1v) is 6.34. The molecule has 19 heavy (non-hydrogen) atoms. The largest absolute Gasteiger partial charge is 0.481 e. The van der Waals surface area contributed by atoms with Gasteiger partial charge in [-0.15, -0.1) is 0 Å². The molecule has 0 atom stereocenters. The van der Waals surface area contributed by atoms with Crippen molar-refractivity contribution in [2.75, 3.05) is 23.7 Å². The molecule has 0 aliphatic rings. The average molecular weight is 266 g/mol. The molecule has 0 unspecified atom stereocenters. The Morgan fingerprint density at radius 1 is 1.32 bits per heavy atom. The summed E-state index contributed by atoms with van der Waals surface area (Å²) in [5, 5.41) is 15.3. The molecule has 1 rings (SSSR count). The normalized spacial score (nSPS) is 11.4. The van der Waals surface area contributed by atoms with Crippen LogP contribution in [0.1, 0.15) is 27.7 Å². The van der Waals surface area contributed by atoms with E-state index in [1.54, 1.807) is 19.9 Å². The summed E-state index contributed by atoms with van der Waals surface area (Å²) in [6.07, 6.45) is 1.46. The maximum atomic E-state index is 11.0. The summed E-state index contributed by atoms with van der Waals surface area (Å²) >= 11 is 0. The summed E-state index contributed by atoms with van der Waals surface area (Å²) < 4.78 is 0. The smallest absolute Gasteiger partial charge is 0.310 e. The molecule has 0 saturated heterocycles. The van der Waals surface area contributed by atoms with Crippen LogP contribution in [0, 0.1) is 11.3 Å². The highest BCUT2D eigenvalue weighted by Crippen LogP contribution is 2.17. The molecule has 0 aromatic carbocycles. The van der Waals surface area contributed by atoms with Crippen LogP contribution < -0.4 is 10.6 Å². The van der Waals surface area contributed by atoms with Crippen molar-refractivity contribution in [3.8, 4) is 0 Å². The number of carboxylic acid groups (broad SMARTS) is 1. The number of nitrogens with one attached hydrogen (secondary N) is 2. The summed E-state index contributed by atoms with van der Waals surface area (Å²) in [4.78, 5) is 19.2. The van der Waals surface area contributed by atoms with E-state index in [1.165, 1.54) is 6.33 Å².